The van der Waals surface area contributed by atoms with Crippen molar-refractivity contribution < 1.29 is 13.2 Å². The van der Waals surface area contributed by atoms with Gasteiger partial charge in [-0.15, -0.1) is 0 Å². The molecular weight excluding hydrogens is 300 g/mol. The number of halogens is 1. The summed E-state index contributed by atoms with van der Waals surface area (Å²) in [6.45, 7) is 4.56. The second-order valence-corrected chi connectivity index (χ2v) is 6.96. The number of ether oxygens (including phenoxy) is 1. The van der Waals surface area contributed by atoms with Crippen LogP contribution >= 0.6 is 11.6 Å². The van der Waals surface area contributed by atoms with Gasteiger partial charge in [0.2, 0.25) is 10.0 Å². The second-order valence-electron chi connectivity index (χ2n) is 4.66. The molecule has 1 aromatic rings. The average Bonchev–Trinajstić information content (AvgIpc) is 2.38. The van der Waals surface area contributed by atoms with Crippen LogP contribution in [0.15, 0.2) is 23.1 Å². The molecule has 2 N–H and O–H groups in total. The smallest absolute Gasteiger partial charge is 0.243 e. The Labute approximate surface area is 125 Å². The van der Waals surface area contributed by atoms with Crippen LogP contribution in [0.5, 0.6) is 0 Å². The number of nitrogens with two attached hydrogens (primary N) is 1. The molecule has 1 aromatic carbocycles. The SMILES string of the molecule is COCCN(C(C)C)S(=O)(=O)c1ccc(CN)c(Cl)c1. The number of hydrogen-bond acceptors (Lipinski definition) is 4. The lowest BCUT2D eigenvalue weighted by molar-refractivity contribution is 0.171. The third-order valence-electron chi connectivity index (χ3n) is 2.94. The fraction of sp³-hybridized carbons (Fsp3) is 0.538. The van der Waals surface area contributed by atoms with Crippen LogP contribution in [0.1, 0.15) is 19.4 Å². The van der Waals surface area contributed by atoms with Crippen molar-refractivity contribution in [2.75, 3.05) is 20.3 Å². The molecule has 20 heavy (non-hydrogen) atoms. The molecule has 7 heteroatoms. The van der Waals surface area contributed by atoms with Gasteiger partial charge in [0.05, 0.1) is 11.5 Å². The molecule has 0 spiro atoms. The Bertz CT molecular complexity index is 547. The summed E-state index contributed by atoms with van der Waals surface area (Å²) >= 11 is 6.04. The first-order chi connectivity index (χ1) is 9.34. The van der Waals surface area contributed by atoms with E-state index in [1.54, 1.807) is 6.07 Å². The lowest BCUT2D eigenvalue weighted by atomic mass is 10.2. The van der Waals surface area contributed by atoms with E-state index in [2.05, 4.69) is 0 Å². The van der Waals surface area contributed by atoms with E-state index in [1.807, 2.05) is 13.8 Å². The fourth-order valence-corrected chi connectivity index (χ4v) is 3.80. The van der Waals surface area contributed by atoms with E-state index in [9.17, 15) is 8.42 Å². The van der Waals surface area contributed by atoms with Crippen LogP contribution in [0.25, 0.3) is 0 Å². The van der Waals surface area contributed by atoms with E-state index >= 15 is 0 Å². The Morgan fingerprint density at radius 1 is 1.40 bits per heavy atom. The summed E-state index contributed by atoms with van der Waals surface area (Å²) in [5.41, 5.74) is 6.24. The van der Waals surface area contributed by atoms with Crippen LogP contribution < -0.4 is 5.73 Å². The summed E-state index contributed by atoms with van der Waals surface area (Å²) in [4.78, 5) is 0.171. The van der Waals surface area contributed by atoms with Crippen molar-refractivity contribution in [1.82, 2.24) is 4.31 Å². The quantitative estimate of drug-likeness (QED) is 0.832. The third kappa shape index (κ3) is 3.93. The minimum absolute atomic E-state index is 0.164. The van der Waals surface area contributed by atoms with Crippen LogP contribution in [0, 0.1) is 0 Å². The first-order valence-corrected chi connectivity index (χ1v) is 8.15. The molecule has 0 aliphatic rings. The highest BCUT2D eigenvalue weighted by Gasteiger charge is 2.27. The maximum absolute atomic E-state index is 12.6. The van der Waals surface area contributed by atoms with Crippen molar-refractivity contribution >= 4 is 21.6 Å². The molecule has 0 saturated heterocycles. The Morgan fingerprint density at radius 3 is 2.50 bits per heavy atom. The number of rotatable bonds is 7. The average molecular weight is 321 g/mol. The van der Waals surface area contributed by atoms with E-state index in [-0.39, 0.29) is 17.5 Å². The largest absolute Gasteiger partial charge is 0.383 e. The summed E-state index contributed by atoms with van der Waals surface area (Å²) in [5.74, 6) is 0. The molecule has 114 valence electrons. The normalized spacial score (nSPS) is 12.3. The fourth-order valence-electron chi connectivity index (χ4n) is 1.83. The maximum Gasteiger partial charge on any atom is 0.243 e. The van der Waals surface area contributed by atoms with Gasteiger partial charge in [0, 0.05) is 31.3 Å². The van der Waals surface area contributed by atoms with Gasteiger partial charge in [-0.1, -0.05) is 17.7 Å². The molecule has 0 radical (unpaired) electrons. The Balaban J connectivity index is 3.16. The molecule has 0 atom stereocenters. The van der Waals surface area contributed by atoms with Gasteiger partial charge < -0.3 is 10.5 Å². The Morgan fingerprint density at radius 2 is 2.05 bits per heavy atom. The highest BCUT2D eigenvalue weighted by atomic mass is 35.5. The van der Waals surface area contributed by atoms with Crippen LogP contribution in [0.2, 0.25) is 5.02 Å². The third-order valence-corrected chi connectivity index (χ3v) is 5.37. The molecule has 0 saturated carbocycles. The first kappa shape index (κ1) is 17.4. The van der Waals surface area contributed by atoms with Crippen molar-refractivity contribution in [2.24, 2.45) is 5.73 Å². The number of methoxy groups -OCH3 is 1. The van der Waals surface area contributed by atoms with Gasteiger partial charge in [0.25, 0.3) is 0 Å². The molecule has 0 unspecified atom stereocenters. The molecule has 0 heterocycles. The van der Waals surface area contributed by atoms with Gasteiger partial charge in [-0.3, -0.25) is 0 Å². The highest BCUT2D eigenvalue weighted by Crippen LogP contribution is 2.24. The molecule has 0 aliphatic heterocycles. The monoisotopic (exact) mass is 320 g/mol. The van der Waals surface area contributed by atoms with Crippen LogP contribution in [0.4, 0.5) is 0 Å². The number of benzene rings is 1. The van der Waals surface area contributed by atoms with Crippen molar-refractivity contribution in [1.29, 1.82) is 0 Å². The molecule has 5 nitrogen and oxygen atoms in total. The number of sulfonamides is 1. The van der Waals surface area contributed by atoms with Crippen molar-refractivity contribution in [3.8, 4) is 0 Å². The zero-order valence-electron chi connectivity index (χ0n) is 12.0. The Hall–Kier alpha value is -0.660. The second kappa shape index (κ2) is 7.38. The van der Waals surface area contributed by atoms with Crippen LogP contribution in [-0.4, -0.2) is 39.0 Å². The van der Waals surface area contributed by atoms with Crippen molar-refractivity contribution in [2.45, 2.75) is 31.3 Å². The standard InChI is InChI=1S/C13H21ClN2O3S/c1-10(2)16(6-7-19-3)20(17,18)12-5-4-11(9-15)13(14)8-12/h4-5,8,10H,6-7,9,15H2,1-3H3. The van der Waals surface area contributed by atoms with Gasteiger partial charge in [-0.05, 0) is 31.5 Å². The summed E-state index contributed by atoms with van der Waals surface area (Å²) < 4.78 is 31.6. The minimum atomic E-state index is -3.59. The van der Waals surface area contributed by atoms with E-state index in [0.29, 0.717) is 18.2 Å². The number of nitrogens with zero attached hydrogens (tertiary/aromatic N) is 1. The van der Waals surface area contributed by atoms with Crippen molar-refractivity contribution in [3.05, 3.63) is 28.8 Å². The molecule has 1 rings (SSSR count). The lowest BCUT2D eigenvalue weighted by Crippen LogP contribution is -2.39. The minimum Gasteiger partial charge on any atom is -0.383 e. The first-order valence-electron chi connectivity index (χ1n) is 6.33. The molecule has 0 amide bonds. The van der Waals surface area contributed by atoms with E-state index < -0.39 is 10.0 Å². The zero-order chi connectivity index (χ0) is 15.3. The van der Waals surface area contributed by atoms with E-state index in [1.165, 1.54) is 23.5 Å². The summed E-state index contributed by atoms with van der Waals surface area (Å²) in [6.07, 6.45) is 0. The topological polar surface area (TPSA) is 72.6 Å². The molecule has 0 aliphatic carbocycles. The van der Waals surface area contributed by atoms with E-state index in [4.69, 9.17) is 22.1 Å². The van der Waals surface area contributed by atoms with Gasteiger partial charge >= 0.3 is 0 Å². The maximum atomic E-state index is 12.6. The van der Waals surface area contributed by atoms with Crippen LogP contribution in [-0.2, 0) is 21.3 Å². The van der Waals surface area contributed by atoms with Gasteiger partial charge in [0.1, 0.15) is 0 Å². The highest BCUT2D eigenvalue weighted by molar-refractivity contribution is 7.89. The molecule has 0 bridgehead atoms. The van der Waals surface area contributed by atoms with Crippen molar-refractivity contribution in [3.63, 3.8) is 0 Å². The summed E-state index contributed by atoms with van der Waals surface area (Å²) in [5, 5.41) is 0.365. The van der Waals surface area contributed by atoms with Crippen LogP contribution in [0.3, 0.4) is 0 Å². The van der Waals surface area contributed by atoms with Gasteiger partial charge in [-0.25, -0.2) is 8.42 Å². The Kier molecular flexibility index (Phi) is 6.42. The molecule has 0 aromatic heterocycles. The number of hydrogen-bond donors (Lipinski definition) is 1. The molecular formula is C13H21ClN2O3S. The van der Waals surface area contributed by atoms with E-state index in [0.717, 1.165) is 5.56 Å². The summed E-state index contributed by atoms with van der Waals surface area (Å²) in [6, 6.07) is 4.46. The predicted molar refractivity (Wildman–Crippen MR) is 80.2 cm³/mol. The van der Waals surface area contributed by atoms with Gasteiger partial charge in [0.15, 0.2) is 0 Å². The predicted octanol–water partition coefficient (Wildman–Crippen LogP) is 1.84. The lowest BCUT2D eigenvalue weighted by Gasteiger charge is -2.25. The zero-order valence-corrected chi connectivity index (χ0v) is 13.5. The molecule has 0 fully saturated rings. The summed E-state index contributed by atoms with van der Waals surface area (Å²) in [7, 11) is -2.05. The van der Waals surface area contributed by atoms with Gasteiger partial charge in [-0.2, -0.15) is 4.31 Å².